The highest BCUT2D eigenvalue weighted by Crippen LogP contribution is 2.40. The summed E-state index contributed by atoms with van der Waals surface area (Å²) in [4.78, 5) is 18.1. The highest BCUT2D eigenvalue weighted by Gasteiger charge is 2.19. The van der Waals surface area contributed by atoms with E-state index in [1.54, 1.807) is 6.20 Å². The summed E-state index contributed by atoms with van der Waals surface area (Å²) in [6.07, 6.45) is 7.11. The molecule has 0 aliphatic carbocycles. The van der Waals surface area contributed by atoms with Crippen LogP contribution in [0.1, 0.15) is 0 Å². The number of benzene rings is 3. The van der Waals surface area contributed by atoms with E-state index in [0.29, 0.717) is 5.65 Å². The monoisotopic (exact) mass is 468 g/mol. The maximum Gasteiger partial charge on any atom is 0.182 e. The fraction of sp³-hybridized carbons (Fsp3) is 0. The Labute approximate surface area is 202 Å². The SMILES string of the molecule is c1ccc(-c2cnc3c4cc5c(cc4n(-n4cnc6ncncc64)c3c2)sc2ccccc25)cc1. The molecule has 0 spiro atoms. The molecular weight excluding hydrogens is 452 g/mol. The van der Waals surface area contributed by atoms with Gasteiger partial charge < -0.3 is 0 Å². The van der Waals surface area contributed by atoms with Crippen molar-refractivity contribution >= 4 is 64.6 Å². The standard InChI is InChI=1S/C28H16N6S/c1-2-6-17(7-3-1)18-10-23-27(30-13-18)21-11-20-19-8-4-5-9-25(19)35-26(20)12-22(21)34(23)33-16-32-28-24(33)14-29-15-31-28/h1-16H. The van der Waals surface area contributed by atoms with Crippen LogP contribution in [0.25, 0.3) is 64.4 Å². The highest BCUT2D eigenvalue weighted by atomic mass is 32.1. The van der Waals surface area contributed by atoms with Crippen LogP contribution < -0.4 is 0 Å². The maximum atomic E-state index is 4.99. The van der Waals surface area contributed by atoms with Crippen LogP contribution in [0.4, 0.5) is 0 Å². The Morgan fingerprint density at radius 2 is 1.51 bits per heavy atom. The number of pyridine rings is 1. The predicted octanol–water partition coefficient (Wildman–Crippen LogP) is 6.68. The first-order chi connectivity index (χ1) is 17.3. The Morgan fingerprint density at radius 3 is 2.46 bits per heavy atom. The van der Waals surface area contributed by atoms with Crippen LogP contribution in [0, 0.1) is 0 Å². The number of rotatable bonds is 2. The molecule has 5 heterocycles. The molecule has 164 valence electrons. The molecule has 0 atom stereocenters. The first-order valence-corrected chi connectivity index (χ1v) is 12.1. The normalized spacial score (nSPS) is 12.0. The van der Waals surface area contributed by atoms with Gasteiger partial charge in [-0.3, -0.25) is 4.98 Å². The first kappa shape index (κ1) is 18.8. The van der Waals surface area contributed by atoms with E-state index in [1.165, 1.54) is 26.5 Å². The van der Waals surface area contributed by atoms with Crippen LogP contribution >= 0.6 is 11.3 Å². The molecule has 8 aromatic rings. The minimum Gasteiger partial charge on any atom is -0.253 e. The third-order valence-corrected chi connectivity index (χ3v) is 7.74. The number of aromatic nitrogens is 6. The zero-order valence-corrected chi connectivity index (χ0v) is 19.1. The first-order valence-electron chi connectivity index (χ1n) is 11.3. The summed E-state index contributed by atoms with van der Waals surface area (Å²) < 4.78 is 6.74. The van der Waals surface area contributed by atoms with Gasteiger partial charge in [0.05, 0.1) is 22.7 Å². The average molecular weight is 469 g/mol. The van der Waals surface area contributed by atoms with Gasteiger partial charge in [-0.15, -0.1) is 11.3 Å². The van der Waals surface area contributed by atoms with Crippen molar-refractivity contribution in [2.75, 3.05) is 0 Å². The van der Waals surface area contributed by atoms with E-state index >= 15 is 0 Å². The Bertz CT molecular complexity index is 2070. The van der Waals surface area contributed by atoms with E-state index in [1.807, 2.05) is 34.6 Å². The molecule has 0 saturated carbocycles. The van der Waals surface area contributed by atoms with E-state index in [2.05, 4.69) is 86.4 Å². The molecule has 0 bridgehead atoms. The van der Waals surface area contributed by atoms with Crippen molar-refractivity contribution in [3.05, 3.63) is 97.8 Å². The molecule has 0 unspecified atom stereocenters. The third kappa shape index (κ3) is 2.64. The van der Waals surface area contributed by atoms with Gasteiger partial charge in [0.1, 0.15) is 18.2 Å². The average Bonchev–Trinajstić information content (AvgIpc) is 3.59. The molecule has 3 aromatic carbocycles. The van der Waals surface area contributed by atoms with Crippen LogP contribution in [0.3, 0.4) is 0 Å². The summed E-state index contributed by atoms with van der Waals surface area (Å²) >= 11 is 1.81. The number of hydrogen-bond acceptors (Lipinski definition) is 5. The van der Waals surface area contributed by atoms with Crippen LogP contribution in [0.2, 0.25) is 0 Å². The summed E-state index contributed by atoms with van der Waals surface area (Å²) in [5.74, 6) is 0. The number of hydrogen-bond donors (Lipinski definition) is 0. The van der Waals surface area contributed by atoms with Gasteiger partial charge in [-0.1, -0.05) is 48.5 Å². The van der Waals surface area contributed by atoms with Crippen molar-refractivity contribution in [3.63, 3.8) is 0 Å². The molecule has 0 radical (unpaired) electrons. The lowest BCUT2D eigenvalue weighted by Crippen LogP contribution is -2.07. The van der Waals surface area contributed by atoms with Crippen molar-refractivity contribution < 1.29 is 0 Å². The summed E-state index contributed by atoms with van der Waals surface area (Å²) in [5.41, 5.74) is 6.72. The van der Waals surface area contributed by atoms with E-state index in [0.717, 1.165) is 38.6 Å². The van der Waals surface area contributed by atoms with Gasteiger partial charge in [0.2, 0.25) is 0 Å². The van der Waals surface area contributed by atoms with Crippen LogP contribution in [-0.2, 0) is 0 Å². The lowest BCUT2D eigenvalue weighted by Gasteiger charge is -2.10. The molecule has 0 aliphatic rings. The summed E-state index contributed by atoms with van der Waals surface area (Å²) in [6.45, 7) is 0. The summed E-state index contributed by atoms with van der Waals surface area (Å²) in [5, 5.41) is 3.64. The van der Waals surface area contributed by atoms with Gasteiger partial charge in [-0.2, -0.15) is 0 Å². The third-order valence-electron chi connectivity index (χ3n) is 6.61. The Hall–Kier alpha value is -4.62. The maximum absolute atomic E-state index is 4.99. The van der Waals surface area contributed by atoms with Crippen LogP contribution in [-0.4, -0.2) is 29.3 Å². The predicted molar refractivity (Wildman–Crippen MR) is 142 cm³/mol. The summed E-state index contributed by atoms with van der Waals surface area (Å²) in [6, 6.07) is 25.7. The fourth-order valence-corrected chi connectivity index (χ4v) is 6.13. The highest BCUT2D eigenvalue weighted by molar-refractivity contribution is 7.25. The van der Waals surface area contributed by atoms with E-state index < -0.39 is 0 Å². The Balaban J connectivity index is 1.54. The number of nitrogens with zero attached hydrogens (tertiary/aromatic N) is 6. The second-order valence-corrected chi connectivity index (χ2v) is 9.64. The van der Waals surface area contributed by atoms with Crippen molar-refractivity contribution in [3.8, 4) is 11.1 Å². The number of fused-ring (bicyclic) bond motifs is 7. The fourth-order valence-electron chi connectivity index (χ4n) is 5.01. The molecule has 0 aliphatic heterocycles. The van der Waals surface area contributed by atoms with E-state index in [4.69, 9.17) is 4.98 Å². The van der Waals surface area contributed by atoms with Gasteiger partial charge in [0.25, 0.3) is 0 Å². The van der Waals surface area contributed by atoms with Gasteiger partial charge in [0, 0.05) is 37.3 Å². The van der Waals surface area contributed by atoms with Crippen LogP contribution in [0.15, 0.2) is 97.8 Å². The Kier molecular flexibility index (Phi) is 3.72. The smallest absolute Gasteiger partial charge is 0.182 e. The molecule has 6 nitrogen and oxygen atoms in total. The van der Waals surface area contributed by atoms with E-state index in [-0.39, 0.29) is 0 Å². The molecular formula is C28H16N6S. The molecule has 35 heavy (non-hydrogen) atoms. The lowest BCUT2D eigenvalue weighted by molar-refractivity contribution is 0.735. The van der Waals surface area contributed by atoms with Crippen molar-refractivity contribution in [1.29, 1.82) is 0 Å². The lowest BCUT2D eigenvalue weighted by atomic mass is 10.1. The van der Waals surface area contributed by atoms with Gasteiger partial charge in [0.15, 0.2) is 5.65 Å². The zero-order chi connectivity index (χ0) is 22.9. The molecule has 0 amide bonds. The number of imidazole rings is 1. The molecule has 8 rings (SSSR count). The number of thiophene rings is 1. The Morgan fingerprint density at radius 1 is 0.629 bits per heavy atom. The van der Waals surface area contributed by atoms with Crippen LogP contribution in [0.5, 0.6) is 0 Å². The van der Waals surface area contributed by atoms with E-state index in [9.17, 15) is 0 Å². The minimum atomic E-state index is 0.658. The van der Waals surface area contributed by atoms with Crippen molar-refractivity contribution in [2.45, 2.75) is 0 Å². The molecule has 0 fully saturated rings. The second-order valence-electron chi connectivity index (χ2n) is 8.55. The largest absolute Gasteiger partial charge is 0.253 e. The van der Waals surface area contributed by atoms with Gasteiger partial charge in [-0.05, 0) is 29.8 Å². The molecule has 7 heteroatoms. The van der Waals surface area contributed by atoms with Gasteiger partial charge >= 0.3 is 0 Å². The topological polar surface area (TPSA) is 61.4 Å². The summed E-state index contributed by atoms with van der Waals surface area (Å²) in [7, 11) is 0. The van der Waals surface area contributed by atoms with Crippen molar-refractivity contribution in [2.24, 2.45) is 0 Å². The molecule has 0 saturated heterocycles. The van der Waals surface area contributed by atoms with Gasteiger partial charge in [-0.25, -0.2) is 24.3 Å². The second kappa shape index (κ2) is 6.94. The minimum absolute atomic E-state index is 0.658. The van der Waals surface area contributed by atoms with Crippen molar-refractivity contribution in [1.82, 2.24) is 29.3 Å². The molecule has 5 aromatic heterocycles. The zero-order valence-electron chi connectivity index (χ0n) is 18.3. The quantitative estimate of drug-likeness (QED) is 0.284. The molecule has 0 N–H and O–H groups in total.